The minimum atomic E-state index is 0.477. The number of hydrogen-bond donors (Lipinski definition) is 0. The van der Waals surface area contributed by atoms with Crippen LogP contribution in [0, 0.1) is 43.4 Å². The van der Waals surface area contributed by atoms with Gasteiger partial charge in [-0.25, -0.2) is 0 Å². The molecule has 0 amide bonds. The van der Waals surface area contributed by atoms with Crippen LogP contribution in [0.4, 0.5) is 5.69 Å². The molecule has 1 aromatic heterocycles. The first-order valence-electron chi connectivity index (χ1n) is 7.58. The molecular formula is C20H13N3S2. The van der Waals surface area contributed by atoms with Gasteiger partial charge in [0.05, 0.1) is 22.0 Å². The van der Waals surface area contributed by atoms with Crippen molar-refractivity contribution in [3.63, 3.8) is 0 Å². The highest BCUT2D eigenvalue weighted by molar-refractivity contribution is 7.78. The maximum Gasteiger partial charge on any atom is 0.101 e. The SMILES string of the molecule is Cc1c(C#N)c(C#N)c(C)c2c(C)c(-c3ccc(N=C=S)cc3)sc12. The van der Waals surface area contributed by atoms with Crippen LogP contribution in [-0.4, -0.2) is 5.16 Å². The molecule has 2 aromatic carbocycles. The summed E-state index contributed by atoms with van der Waals surface area (Å²) in [5, 5.41) is 22.4. The van der Waals surface area contributed by atoms with E-state index in [1.54, 1.807) is 11.3 Å². The molecule has 0 bridgehead atoms. The molecule has 0 unspecified atom stereocenters. The number of fused-ring (bicyclic) bond motifs is 1. The van der Waals surface area contributed by atoms with E-state index in [1.165, 1.54) is 0 Å². The molecule has 0 aliphatic carbocycles. The second-order valence-corrected chi connectivity index (χ2v) is 6.94. The highest BCUT2D eigenvalue weighted by atomic mass is 32.1. The third kappa shape index (κ3) is 2.65. The van der Waals surface area contributed by atoms with E-state index in [0.29, 0.717) is 11.1 Å². The largest absolute Gasteiger partial charge is 0.195 e. The zero-order valence-electron chi connectivity index (χ0n) is 14.0. The van der Waals surface area contributed by atoms with Crippen LogP contribution in [0.5, 0.6) is 0 Å². The average molecular weight is 359 g/mol. The lowest BCUT2D eigenvalue weighted by molar-refractivity contribution is 1.35. The van der Waals surface area contributed by atoms with E-state index >= 15 is 0 Å². The summed E-state index contributed by atoms with van der Waals surface area (Å²) >= 11 is 6.29. The molecule has 0 N–H and O–H groups in total. The van der Waals surface area contributed by atoms with Crippen molar-refractivity contribution in [2.75, 3.05) is 0 Å². The van der Waals surface area contributed by atoms with Gasteiger partial charge in [0.1, 0.15) is 12.1 Å². The summed E-state index contributed by atoms with van der Waals surface area (Å²) in [7, 11) is 0. The highest BCUT2D eigenvalue weighted by Crippen LogP contribution is 2.43. The van der Waals surface area contributed by atoms with Crippen molar-refractivity contribution < 1.29 is 0 Å². The first-order valence-corrected chi connectivity index (χ1v) is 8.80. The molecule has 0 aliphatic heterocycles. The number of benzene rings is 2. The molecule has 0 fully saturated rings. The Labute approximate surface area is 155 Å². The minimum absolute atomic E-state index is 0.477. The highest BCUT2D eigenvalue weighted by Gasteiger charge is 2.20. The van der Waals surface area contributed by atoms with Crippen molar-refractivity contribution in [1.29, 1.82) is 10.5 Å². The average Bonchev–Trinajstić information content (AvgIpc) is 2.96. The maximum atomic E-state index is 9.49. The first kappa shape index (κ1) is 17.0. The molecule has 120 valence electrons. The molecular weight excluding hydrogens is 346 g/mol. The molecule has 0 saturated carbocycles. The van der Waals surface area contributed by atoms with Crippen LogP contribution < -0.4 is 0 Å². The van der Waals surface area contributed by atoms with E-state index in [-0.39, 0.29) is 0 Å². The van der Waals surface area contributed by atoms with E-state index in [9.17, 15) is 10.5 Å². The van der Waals surface area contributed by atoms with Gasteiger partial charge >= 0.3 is 0 Å². The molecule has 3 nitrogen and oxygen atoms in total. The summed E-state index contributed by atoms with van der Waals surface area (Å²) in [6.45, 7) is 5.90. The number of aryl methyl sites for hydroxylation is 3. The summed E-state index contributed by atoms with van der Waals surface area (Å²) in [6.07, 6.45) is 0. The Hall–Kier alpha value is -2.82. The fraction of sp³-hybridized carbons (Fsp3) is 0.150. The van der Waals surface area contributed by atoms with Gasteiger partial charge in [-0.15, -0.1) is 11.3 Å². The normalized spacial score (nSPS) is 10.1. The maximum absolute atomic E-state index is 9.49. The Morgan fingerprint density at radius 2 is 1.52 bits per heavy atom. The van der Waals surface area contributed by atoms with Gasteiger partial charge in [-0.2, -0.15) is 15.5 Å². The number of thiocarbonyl (C=S) groups is 1. The van der Waals surface area contributed by atoms with Gasteiger partial charge in [0.2, 0.25) is 0 Å². The van der Waals surface area contributed by atoms with Crippen LogP contribution in [0.3, 0.4) is 0 Å². The van der Waals surface area contributed by atoms with Crippen molar-refractivity contribution in [1.82, 2.24) is 0 Å². The Morgan fingerprint density at radius 3 is 2.08 bits per heavy atom. The second-order valence-electron chi connectivity index (χ2n) is 5.73. The number of isothiocyanates is 1. The van der Waals surface area contributed by atoms with Crippen LogP contribution in [-0.2, 0) is 0 Å². The van der Waals surface area contributed by atoms with Crippen molar-refractivity contribution in [2.24, 2.45) is 4.99 Å². The van der Waals surface area contributed by atoms with Gasteiger partial charge in [-0.1, -0.05) is 12.1 Å². The lowest BCUT2D eigenvalue weighted by atomic mass is 9.93. The van der Waals surface area contributed by atoms with Crippen molar-refractivity contribution in [2.45, 2.75) is 20.8 Å². The summed E-state index contributed by atoms with van der Waals surface area (Å²) in [5.41, 5.74) is 5.69. The van der Waals surface area contributed by atoms with E-state index < -0.39 is 0 Å². The number of hydrogen-bond acceptors (Lipinski definition) is 5. The van der Waals surface area contributed by atoms with Gasteiger partial charge in [0, 0.05) is 15.0 Å². The first-order chi connectivity index (χ1) is 12.0. The van der Waals surface area contributed by atoms with Gasteiger partial charge in [0.25, 0.3) is 0 Å². The van der Waals surface area contributed by atoms with Crippen LogP contribution in [0.25, 0.3) is 20.5 Å². The predicted octanol–water partition coefficient (Wildman–Crippen LogP) is 5.97. The summed E-state index contributed by atoms with van der Waals surface area (Å²) in [4.78, 5) is 5.11. The van der Waals surface area contributed by atoms with Crippen LogP contribution in [0.15, 0.2) is 29.3 Å². The summed E-state index contributed by atoms with van der Waals surface area (Å²) in [5.74, 6) is 0. The standard InChI is InChI=1S/C20H13N3S2/c1-11-16(8-21)17(9-22)12(2)20-18(11)13(3)19(25-20)14-4-6-15(7-5-14)23-10-24/h4-7H,1-3H3. The van der Waals surface area contributed by atoms with Crippen molar-refractivity contribution in [3.8, 4) is 22.6 Å². The van der Waals surface area contributed by atoms with Crippen molar-refractivity contribution >= 4 is 44.5 Å². The van der Waals surface area contributed by atoms with Crippen LogP contribution >= 0.6 is 23.6 Å². The van der Waals surface area contributed by atoms with E-state index in [4.69, 9.17) is 0 Å². The van der Waals surface area contributed by atoms with Gasteiger partial charge in [-0.3, -0.25) is 0 Å². The number of nitrogens with zero attached hydrogens (tertiary/aromatic N) is 3. The molecule has 5 heteroatoms. The molecule has 1 heterocycles. The molecule has 0 aliphatic rings. The molecule has 0 radical (unpaired) electrons. The number of thiophene rings is 1. The number of aliphatic imine (C=N–C) groups is 1. The molecule has 0 atom stereocenters. The Kier molecular flexibility index (Phi) is 4.49. The fourth-order valence-corrected chi connectivity index (χ4v) is 4.62. The number of nitriles is 2. The van der Waals surface area contributed by atoms with E-state index in [0.717, 1.165) is 42.9 Å². The van der Waals surface area contributed by atoms with Crippen molar-refractivity contribution in [3.05, 3.63) is 52.1 Å². The Bertz CT molecular complexity index is 1130. The van der Waals surface area contributed by atoms with Gasteiger partial charge < -0.3 is 0 Å². The summed E-state index contributed by atoms with van der Waals surface area (Å²) in [6, 6.07) is 12.2. The van der Waals surface area contributed by atoms with Crippen LogP contribution in [0.1, 0.15) is 27.8 Å². The molecule has 3 rings (SSSR count). The zero-order valence-corrected chi connectivity index (χ0v) is 15.6. The Balaban J connectivity index is 2.33. The fourth-order valence-electron chi connectivity index (χ4n) is 3.14. The lowest BCUT2D eigenvalue weighted by Gasteiger charge is -2.07. The molecule has 0 saturated heterocycles. The summed E-state index contributed by atoms with van der Waals surface area (Å²) < 4.78 is 1.07. The van der Waals surface area contributed by atoms with E-state index in [1.807, 2.05) is 38.1 Å². The monoisotopic (exact) mass is 359 g/mol. The second kappa shape index (κ2) is 6.59. The molecule has 25 heavy (non-hydrogen) atoms. The zero-order chi connectivity index (χ0) is 18.1. The third-order valence-electron chi connectivity index (χ3n) is 4.39. The smallest absolute Gasteiger partial charge is 0.101 e. The topological polar surface area (TPSA) is 59.9 Å². The lowest BCUT2D eigenvalue weighted by Crippen LogP contribution is -1.94. The Morgan fingerprint density at radius 1 is 0.920 bits per heavy atom. The van der Waals surface area contributed by atoms with Gasteiger partial charge in [-0.05, 0) is 67.4 Å². The quantitative estimate of drug-likeness (QED) is 0.418. The van der Waals surface area contributed by atoms with Crippen LogP contribution in [0.2, 0.25) is 0 Å². The van der Waals surface area contributed by atoms with Gasteiger partial charge in [0.15, 0.2) is 0 Å². The minimum Gasteiger partial charge on any atom is -0.195 e. The molecule has 0 spiro atoms. The van der Waals surface area contributed by atoms with E-state index in [2.05, 4.69) is 41.4 Å². The predicted molar refractivity (Wildman–Crippen MR) is 106 cm³/mol. The number of rotatable bonds is 2. The third-order valence-corrected chi connectivity index (χ3v) is 5.94. The molecule has 3 aromatic rings.